The Kier molecular flexibility index (Phi) is 7.22. The van der Waals surface area contributed by atoms with E-state index in [2.05, 4.69) is 25.5 Å². The van der Waals surface area contributed by atoms with Gasteiger partial charge in [0.05, 0.1) is 18.3 Å². The summed E-state index contributed by atoms with van der Waals surface area (Å²) in [5.74, 6) is -3.08. The Bertz CT molecular complexity index is 1640. The van der Waals surface area contributed by atoms with Gasteiger partial charge in [0.1, 0.15) is 11.4 Å². The molecule has 0 fully saturated rings. The highest BCUT2D eigenvalue weighted by atomic mass is 19.3. The average Bonchev–Trinajstić information content (AvgIpc) is 3.51. The number of carbonyl (C=O) groups is 3. The molecule has 2 heterocycles. The maximum absolute atomic E-state index is 13.7. The van der Waals surface area contributed by atoms with E-state index in [-0.39, 0.29) is 41.3 Å². The molecular formula is C27H22F3N5O5. The van der Waals surface area contributed by atoms with Crippen LogP contribution in [0.3, 0.4) is 0 Å². The molecule has 0 saturated carbocycles. The van der Waals surface area contributed by atoms with Crippen molar-refractivity contribution in [3.63, 3.8) is 0 Å². The minimum absolute atomic E-state index is 0.0319. The van der Waals surface area contributed by atoms with Crippen LogP contribution in [-0.4, -0.2) is 50.0 Å². The van der Waals surface area contributed by atoms with Gasteiger partial charge in [-0.05, 0) is 41.8 Å². The normalized spacial score (nSPS) is 16.1. The highest BCUT2D eigenvalue weighted by Gasteiger charge is 2.33. The van der Waals surface area contributed by atoms with Gasteiger partial charge in [0, 0.05) is 30.7 Å². The van der Waals surface area contributed by atoms with Gasteiger partial charge in [0.25, 0.3) is 11.8 Å². The first-order chi connectivity index (χ1) is 19.1. The molecule has 0 bridgehead atoms. The second-order valence-electron chi connectivity index (χ2n) is 9.15. The molecule has 13 heteroatoms. The molecule has 4 aromatic rings. The average molecular weight is 553 g/mol. The number of alkyl halides is 2. The van der Waals surface area contributed by atoms with Gasteiger partial charge < -0.3 is 20.5 Å². The number of nitrogens with one attached hydrogen (secondary N) is 2. The fourth-order valence-electron chi connectivity index (χ4n) is 4.55. The van der Waals surface area contributed by atoms with E-state index in [0.29, 0.717) is 11.1 Å². The van der Waals surface area contributed by atoms with Crippen molar-refractivity contribution >= 4 is 23.2 Å². The number of ketones is 1. The summed E-state index contributed by atoms with van der Waals surface area (Å²) in [6.07, 6.45) is 0.705. The van der Waals surface area contributed by atoms with E-state index < -0.39 is 42.1 Å². The molecule has 3 N–H and O–H groups in total. The van der Waals surface area contributed by atoms with Gasteiger partial charge in [-0.3, -0.25) is 14.4 Å². The van der Waals surface area contributed by atoms with Crippen LogP contribution in [0.25, 0.3) is 5.65 Å². The monoisotopic (exact) mass is 553 g/mol. The Labute approximate surface area is 224 Å². The third-order valence-corrected chi connectivity index (χ3v) is 6.47. The number of halogens is 3. The summed E-state index contributed by atoms with van der Waals surface area (Å²) in [6.45, 7) is -1.94. The number of aliphatic hydroxyl groups is 1. The summed E-state index contributed by atoms with van der Waals surface area (Å²) < 4.78 is 44.1. The lowest BCUT2D eigenvalue weighted by atomic mass is 10.0. The van der Waals surface area contributed by atoms with Crippen molar-refractivity contribution < 1.29 is 37.4 Å². The highest BCUT2D eigenvalue weighted by Crippen LogP contribution is 2.32. The molecule has 2 amide bonds. The van der Waals surface area contributed by atoms with Gasteiger partial charge in [0.15, 0.2) is 23.0 Å². The quantitative estimate of drug-likeness (QED) is 0.286. The number of benzene rings is 2. The van der Waals surface area contributed by atoms with E-state index in [1.54, 1.807) is 18.2 Å². The molecule has 2 atom stereocenters. The van der Waals surface area contributed by atoms with Crippen molar-refractivity contribution in [3.8, 4) is 5.75 Å². The maximum atomic E-state index is 13.7. The van der Waals surface area contributed by atoms with Crippen molar-refractivity contribution in [3.05, 3.63) is 94.2 Å². The maximum Gasteiger partial charge on any atom is 0.387 e. The van der Waals surface area contributed by atoms with Crippen LogP contribution in [0.2, 0.25) is 0 Å². The topological polar surface area (TPSA) is 135 Å². The number of aromatic nitrogens is 3. The molecule has 0 aliphatic heterocycles. The van der Waals surface area contributed by atoms with Gasteiger partial charge in [0.2, 0.25) is 0 Å². The zero-order valence-electron chi connectivity index (χ0n) is 20.9. The zero-order valence-corrected chi connectivity index (χ0v) is 20.9. The van der Waals surface area contributed by atoms with Crippen molar-refractivity contribution in [1.29, 1.82) is 0 Å². The van der Waals surface area contributed by atoms with Crippen LogP contribution >= 0.6 is 0 Å². The van der Waals surface area contributed by atoms with Crippen LogP contribution in [0, 0.1) is 5.82 Å². The lowest BCUT2D eigenvalue weighted by Crippen LogP contribution is -2.35. The smallest absolute Gasteiger partial charge is 0.387 e. The van der Waals surface area contributed by atoms with E-state index in [4.69, 9.17) is 0 Å². The van der Waals surface area contributed by atoms with E-state index in [0.717, 1.165) is 17.7 Å². The van der Waals surface area contributed by atoms with Crippen LogP contribution in [-0.2, 0) is 13.0 Å². The van der Waals surface area contributed by atoms with Crippen LogP contribution in [0.4, 0.5) is 13.2 Å². The van der Waals surface area contributed by atoms with Crippen LogP contribution in [0.1, 0.15) is 61.0 Å². The molecule has 2 aromatic heterocycles. The fourth-order valence-corrected chi connectivity index (χ4v) is 4.55. The molecule has 206 valence electrons. The zero-order chi connectivity index (χ0) is 28.6. The molecule has 10 nitrogen and oxygen atoms in total. The highest BCUT2D eigenvalue weighted by molar-refractivity contribution is 5.98. The molecule has 0 unspecified atom stereocenters. The number of hydrogen-bond acceptors (Lipinski definition) is 7. The molecule has 5 rings (SSSR count). The Morgan fingerprint density at radius 3 is 2.67 bits per heavy atom. The number of Topliss-reactive ketones (excluding diaryl/α,β-unsaturated/α-hetero) is 1. The van der Waals surface area contributed by atoms with Gasteiger partial charge in [-0.15, -0.1) is 0 Å². The van der Waals surface area contributed by atoms with Crippen LogP contribution in [0.5, 0.6) is 5.75 Å². The summed E-state index contributed by atoms with van der Waals surface area (Å²) in [7, 11) is 0. The van der Waals surface area contributed by atoms with Crippen LogP contribution < -0.4 is 15.4 Å². The summed E-state index contributed by atoms with van der Waals surface area (Å²) >= 11 is 0. The summed E-state index contributed by atoms with van der Waals surface area (Å²) in [6, 6.07) is 10.2. The third kappa shape index (κ3) is 5.36. The number of fused-ring (bicyclic) bond motifs is 2. The van der Waals surface area contributed by atoms with Gasteiger partial charge in [-0.25, -0.2) is 13.9 Å². The number of carbonyl (C=O) groups excluding carboxylic acids is 3. The first kappa shape index (κ1) is 26.8. The molecule has 0 spiro atoms. The van der Waals surface area contributed by atoms with E-state index >= 15 is 0 Å². The second-order valence-corrected chi connectivity index (χ2v) is 9.15. The first-order valence-electron chi connectivity index (χ1n) is 12.1. The number of amides is 2. The summed E-state index contributed by atoms with van der Waals surface area (Å²) in [5.41, 5.74) is 2.23. The minimum atomic E-state index is -3.22. The molecule has 0 saturated heterocycles. The summed E-state index contributed by atoms with van der Waals surface area (Å²) in [4.78, 5) is 42.2. The molecule has 1 aliphatic carbocycles. The SMILES string of the molecule is CC(=O)c1ccc2c(c1)C[C@@H](O)[C@@H]2NC(=O)c1cc(C(=O)NCc2ccc(F)c(OC(F)F)c2)nc2ccnn12. The number of nitrogens with zero attached hydrogens (tertiary/aromatic N) is 3. The van der Waals surface area contributed by atoms with Crippen LogP contribution in [0.15, 0.2) is 54.7 Å². The van der Waals surface area contributed by atoms with Gasteiger partial charge >= 0.3 is 6.61 Å². The molecule has 0 radical (unpaired) electrons. The minimum Gasteiger partial charge on any atom is -0.432 e. The number of ether oxygens (including phenoxy) is 1. The molecule has 40 heavy (non-hydrogen) atoms. The van der Waals surface area contributed by atoms with Crippen molar-refractivity contribution in [2.24, 2.45) is 0 Å². The third-order valence-electron chi connectivity index (χ3n) is 6.47. The van der Waals surface area contributed by atoms with E-state index in [9.17, 15) is 32.7 Å². The lowest BCUT2D eigenvalue weighted by molar-refractivity contribution is -0.0522. The molecule has 1 aliphatic rings. The Balaban J connectivity index is 1.36. The summed E-state index contributed by atoms with van der Waals surface area (Å²) in [5, 5.41) is 20.1. The number of rotatable bonds is 8. The Morgan fingerprint density at radius 2 is 1.93 bits per heavy atom. The molecular weight excluding hydrogens is 531 g/mol. The van der Waals surface area contributed by atoms with E-state index in [1.165, 1.54) is 35.8 Å². The Hall–Kier alpha value is -4.78. The van der Waals surface area contributed by atoms with Gasteiger partial charge in [-0.1, -0.05) is 18.2 Å². The largest absolute Gasteiger partial charge is 0.432 e. The first-order valence-corrected chi connectivity index (χ1v) is 12.1. The van der Waals surface area contributed by atoms with Gasteiger partial charge in [-0.2, -0.15) is 13.9 Å². The van der Waals surface area contributed by atoms with Crippen molar-refractivity contribution in [2.45, 2.75) is 38.6 Å². The predicted octanol–water partition coefficient (Wildman–Crippen LogP) is 2.99. The standard InChI is InChI=1S/C27H22F3N5O5/c1-13(36)15-3-4-17-16(9-15)10-21(37)24(17)34-26(39)20-11-19(33-23-6-7-32-35(20)23)25(38)31-12-14-2-5-18(28)22(8-14)40-27(29)30/h2-9,11,21,24,27,37H,10,12H2,1H3,(H,31,38)(H,34,39)/t21-,24-/m1/s1. The molecule has 2 aromatic carbocycles. The predicted molar refractivity (Wildman–Crippen MR) is 134 cm³/mol. The van der Waals surface area contributed by atoms with Crippen molar-refractivity contribution in [1.82, 2.24) is 25.2 Å². The second kappa shape index (κ2) is 10.8. The number of aliphatic hydroxyl groups excluding tert-OH is 1. The van der Waals surface area contributed by atoms with E-state index in [1.807, 2.05) is 0 Å². The van der Waals surface area contributed by atoms with Crippen molar-refractivity contribution in [2.75, 3.05) is 0 Å². The Morgan fingerprint density at radius 1 is 1.12 bits per heavy atom. The fraction of sp³-hybridized carbons (Fsp3) is 0.222. The lowest BCUT2D eigenvalue weighted by Gasteiger charge is -2.18. The number of hydrogen-bond donors (Lipinski definition) is 3.